The molecule has 5 nitrogen and oxygen atoms in total. The van der Waals surface area contributed by atoms with E-state index in [2.05, 4.69) is 14.8 Å². The topological polar surface area (TPSA) is 65.1 Å². The fraction of sp³-hybridized carbons (Fsp3) is 0.533. The SMILES string of the molecule is CC[C@H](CO)N=C(N)N1CCN(c2ccc(Cl)cc2)CC1.I. The van der Waals surface area contributed by atoms with Gasteiger partial charge in [0.15, 0.2) is 5.96 Å². The fourth-order valence-electron chi connectivity index (χ4n) is 2.38. The van der Waals surface area contributed by atoms with Crippen LogP contribution in [0.15, 0.2) is 29.3 Å². The van der Waals surface area contributed by atoms with Gasteiger partial charge in [0.2, 0.25) is 0 Å². The van der Waals surface area contributed by atoms with E-state index in [1.165, 1.54) is 5.69 Å². The average Bonchev–Trinajstić information content (AvgIpc) is 2.53. The standard InChI is InChI=1S/C15H23ClN4O.HI/c1-2-13(11-21)18-15(17)20-9-7-19(8-10-20)14-5-3-12(16)4-6-14;/h3-6,13,21H,2,7-11H2,1H3,(H2,17,18);1H/t13-;/m1./s1. The van der Waals surface area contributed by atoms with Crippen molar-refractivity contribution in [2.75, 3.05) is 37.7 Å². The Morgan fingerprint density at radius 3 is 2.36 bits per heavy atom. The molecule has 0 aliphatic carbocycles. The van der Waals surface area contributed by atoms with Gasteiger partial charge in [0.25, 0.3) is 0 Å². The van der Waals surface area contributed by atoms with Gasteiger partial charge >= 0.3 is 0 Å². The van der Waals surface area contributed by atoms with Crippen molar-refractivity contribution in [2.24, 2.45) is 10.7 Å². The summed E-state index contributed by atoms with van der Waals surface area (Å²) in [6, 6.07) is 7.79. The summed E-state index contributed by atoms with van der Waals surface area (Å²) in [5, 5.41) is 9.94. The van der Waals surface area contributed by atoms with Crippen molar-refractivity contribution in [2.45, 2.75) is 19.4 Å². The first-order chi connectivity index (χ1) is 10.1. The van der Waals surface area contributed by atoms with Crippen LogP contribution >= 0.6 is 35.6 Å². The monoisotopic (exact) mass is 438 g/mol. The minimum Gasteiger partial charge on any atom is -0.394 e. The van der Waals surface area contributed by atoms with Gasteiger partial charge in [-0.2, -0.15) is 0 Å². The smallest absolute Gasteiger partial charge is 0.191 e. The van der Waals surface area contributed by atoms with E-state index < -0.39 is 0 Å². The molecule has 1 heterocycles. The van der Waals surface area contributed by atoms with Gasteiger partial charge in [-0.3, -0.25) is 0 Å². The molecule has 7 heteroatoms. The highest BCUT2D eigenvalue weighted by Crippen LogP contribution is 2.19. The van der Waals surface area contributed by atoms with E-state index in [1.54, 1.807) is 0 Å². The van der Waals surface area contributed by atoms with Gasteiger partial charge in [0, 0.05) is 36.9 Å². The second kappa shape index (κ2) is 9.42. The normalized spacial score (nSPS) is 17.1. The summed E-state index contributed by atoms with van der Waals surface area (Å²) in [6.07, 6.45) is 0.794. The number of anilines is 1. The van der Waals surface area contributed by atoms with Gasteiger partial charge in [-0.15, -0.1) is 24.0 Å². The molecule has 0 spiro atoms. The molecular weight excluding hydrogens is 415 g/mol. The van der Waals surface area contributed by atoms with Gasteiger partial charge in [-0.05, 0) is 30.7 Å². The lowest BCUT2D eigenvalue weighted by atomic mass is 10.2. The van der Waals surface area contributed by atoms with Crippen LogP contribution in [0.5, 0.6) is 0 Å². The van der Waals surface area contributed by atoms with E-state index in [0.29, 0.717) is 5.96 Å². The van der Waals surface area contributed by atoms with Crippen molar-refractivity contribution in [3.8, 4) is 0 Å². The maximum atomic E-state index is 9.19. The Morgan fingerprint density at radius 2 is 1.86 bits per heavy atom. The summed E-state index contributed by atoms with van der Waals surface area (Å²) in [5.74, 6) is 0.534. The maximum absolute atomic E-state index is 9.19. The summed E-state index contributed by atoms with van der Waals surface area (Å²) < 4.78 is 0. The van der Waals surface area contributed by atoms with Gasteiger partial charge in [-0.1, -0.05) is 18.5 Å². The van der Waals surface area contributed by atoms with E-state index in [1.807, 2.05) is 31.2 Å². The third-order valence-corrected chi connectivity index (χ3v) is 4.04. The third-order valence-electron chi connectivity index (χ3n) is 3.79. The number of piperazine rings is 1. The number of benzene rings is 1. The lowest BCUT2D eigenvalue weighted by molar-refractivity contribution is 0.262. The molecule has 1 aliphatic heterocycles. The van der Waals surface area contributed by atoms with Gasteiger partial charge in [0.05, 0.1) is 12.6 Å². The predicted octanol–water partition coefficient (Wildman–Crippen LogP) is 2.17. The Hall–Kier alpha value is -0.730. The molecule has 1 aromatic carbocycles. The molecule has 0 bridgehead atoms. The Morgan fingerprint density at radius 1 is 1.27 bits per heavy atom. The number of nitrogens with two attached hydrogens (primary N) is 1. The lowest BCUT2D eigenvalue weighted by Gasteiger charge is -2.36. The Balaban J connectivity index is 0.00000242. The van der Waals surface area contributed by atoms with Crippen molar-refractivity contribution < 1.29 is 5.11 Å². The zero-order valence-corrected chi connectivity index (χ0v) is 15.9. The van der Waals surface area contributed by atoms with Crippen molar-refractivity contribution in [3.05, 3.63) is 29.3 Å². The average molecular weight is 439 g/mol. The lowest BCUT2D eigenvalue weighted by Crippen LogP contribution is -2.51. The number of hydrogen-bond donors (Lipinski definition) is 2. The molecule has 1 aliphatic rings. The van der Waals surface area contributed by atoms with Crippen molar-refractivity contribution in [1.82, 2.24) is 4.90 Å². The van der Waals surface area contributed by atoms with Crippen LogP contribution in [0, 0.1) is 0 Å². The minimum atomic E-state index is -0.0979. The van der Waals surface area contributed by atoms with E-state index in [0.717, 1.165) is 37.6 Å². The third kappa shape index (κ3) is 5.17. The molecule has 0 saturated carbocycles. The molecular formula is C15H24ClIN4O. The number of hydrogen-bond acceptors (Lipinski definition) is 3. The molecule has 0 radical (unpaired) electrons. The molecule has 3 N–H and O–H groups in total. The van der Waals surface area contributed by atoms with Crippen LogP contribution in [-0.2, 0) is 0 Å². The summed E-state index contributed by atoms with van der Waals surface area (Å²) in [4.78, 5) is 8.76. The highest BCUT2D eigenvalue weighted by Gasteiger charge is 2.19. The quantitative estimate of drug-likeness (QED) is 0.430. The Labute approximate surface area is 154 Å². The fourth-order valence-corrected chi connectivity index (χ4v) is 2.50. The van der Waals surface area contributed by atoms with Crippen LogP contribution in [0.1, 0.15) is 13.3 Å². The molecule has 1 atom stereocenters. The zero-order chi connectivity index (χ0) is 15.2. The summed E-state index contributed by atoms with van der Waals surface area (Å²) in [5.41, 5.74) is 7.21. The summed E-state index contributed by atoms with van der Waals surface area (Å²) >= 11 is 5.91. The highest BCUT2D eigenvalue weighted by atomic mass is 127. The largest absolute Gasteiger partial charge is 0.394 e. The molecule has 124 valence electrons. The first-order valence-electron chi connectivity index (χ1n) is 7.33. The predicted molar refractivity (Wildman–Crippen MR) is 103 cm³/mol. The number of aliphatic imine (C=N–C) groups is 1. The minimum absolute atomic E-state index is 0. The van der Waals surface area contributed by atoms with Crippen LogP contribution in [0.25, 0.3) is 0 Å². The van der Waals surface area contributed by atoms with Crippen LogP contribution in [-0.4, -0.2) is 54.8 Å². The second-order valence-electron chi connectivity index (χ2n) is 5.18. The number of aliphatic hydroxyl groups excluding tert-OH is 1. The molecule has 1 fully saturated rings. The second-order valence-corrected chi connectivity index (χ2v) is 5.62. The van der Waals surface area contributed by atoms with Gasteiger partial charge < -0.3 is 20.6 Å². The van der Waals surface area contributed by atoms with Crippen molar-refractivity contribution in [1.29, 1.82) is 0 Å². The van der Waals surface area contributed by atoms with Crippen LogP contribution in [0.2, 0.25) is 5.02 Å². The van der Waals surface area contributed by atoms with E-state index in [4.69, 9.17) is 17.3 Å². The van der Waals surface area contributed by atoms with Crippen LogP contribution in [0.4, 0.5) is 5.69 Å². The Bertz CT molecular complexity index is 471. The van der Waals surface area contributed by atoms with Gasteiger partial charge in [-0.25, -0.2) is 4.99 Å². The first kappa shape index (κ1) is 19.3. The molecule has 1 aromatic rings. The number of rotatable bonds is 4. The van der Waals surface area contributed by atoms with E-state index >= 15 is 0 Å². The number of nitrogens with zero attached hydrogens (tertiary/aromatic N) is 3. The highest BCUT2D eigenvalue weighted by molar-refractivity contribution is 14.0. The van der Waals surface area contributed by atoms with E-state index in [-0.39, 0.29) is 36.6 Å². The Kier molecular flexibility index (Phi) is 8.27. The van der Waals surface area contributed by atoms with Crippen molar-refractivity contribution in [3.63, 3.8) is 0 Å². The molecule has 0 unspecified atom stereocenters. The molecule has 2 rings (SSSR count). The van der Waals surface area contributed by atoms with E-state index in [9.17, 15) is 5.11 Å². The molecule has 0 aromatic heterocycles. The summed E-state index contributed by atoms with van der Waals surface area (Å²) in [6.45, 7) is 5.50. The zero-order valence-electron chi connectivity index (χ0n) is 12.8. The summed E-state index contributed by atoms with van der Waals surface area (Å²) in [7, 11) is 0. The number of halogens is 2. The number of aliphatic hydroxyl groups is 1. The molecule has 1 saturated heterocycles. The van der Waals surface area contributed by atoms with Gasteiger partial charge in [0.1, 0.15) is 0 Å². The van der Waals surface area contributed by atoms with Crippen LogP contribution < -0.4 is 10.6 Å². The molecule has 22 heavy (non-hydrogen) atoms. The first-order valence-corrected chi connectivity index (χ1v) is 7.71. The number of guanidine groups is 1. The van der Waals surface area contributed by atoms with Crippen LogP contribution in [0.3, 0.4) is 0 Å². The molecule has 0 amide bonds. The maximum Gasteiger partial charge on any atom is 0.191 e. The van der Waals surface area contributed by atoms with Crippen molar-refractivity contribution >= 4 is 47.2 Å².